The van der Waals surface area contributed by atoms with Gasteiger partial charge in [0.1, 0.15) is 5.95 Å². The van der Waals surface area contributed by atoms with Crippen molar-refractivity contribution in [2.75, 3.05) is 0 Å². The minimum Gasteiger partial charge on any atom is -0.356 e. The van der Waals surface area contributed by atoms with Crippen LogP contribution in [0.4, 0.5) is 4.39 Å². The summed E-state index contributed by atoms with van der Waals surface area (Å²) in [5.41, 5.74) is 3.16. The van der Waals surface area contributed by atoms with E-state index in [0.717, 1.165) is 33.4 Å². The molecule has 0 aliphatic heterocycles. The molecule has 3 heterocycles. The van der Waals surface area contributed by atoms with Gasteiger partial charge in [0, 0.05) is 17.6 Å². The number of hydrogen-bond acceptors (Lipinski definition) is 3. The fraction of sp³-hybridized carbons (Fsp3) is 0.115. The molecule has 0 saturated carbocycles. The number of pyridine rings is 2. The molecule has 160 valence electrons. The zero-order valence-corrected chi connectivity index (χ0v) is 19.8. The van der Waals surface area contributed by atoms with Crippen LogP contribution in [-0.4, -0.2) is 19.7 Å². The summed E-state index contributed by atoms with van der Waals surface area (Å²) in [7, 11) is 0. The molecule has 0 fully saturated rings. The van der Waals surface area contributed by atoms with Crippen molar-refractivity contribution < 1.29 is 25.5 Å². The van der Waals surface area contributed by atoms with Crippen LogP contribution in [0.5, 0.6) is 0 Å². The first-order valence-electron chi connectivity index (χ1n) is 10.00. The van der Waals surface area contributed by atoms with Gasteiger partial charge < -0.3 is 9.97 Å². The van der Waals surface area contributed by atoms with Crippen LogP contribution in [0.2, 0.25) is 0 Å². The summed E-state index contributed by atoms with van der Waals surface area (Å²) in [5, 5.41) is 6.86. The number of hydrogen-bond donors (Lipinski definition) is 0. The Hall–Kier alpha value is -3.17. The van der Waals surface area contributed by atoms with Gasteiger partial charge >= 0.3 is 21.1 Å². The van der Waals surface area contributed by atoms with Crippen molar-refractivity contribution >= 4 is 10.8 Å². The first kappa shape index (κ1) is 22.0. The maximum atomic E-state index is 14.1. The minimum absolute atomic E-state index is 0. The summed E-state index contributed by atoms with van der Waals surface area (Å²) in [6, 6.07) is 27.8. The smallest absolute Gasteiger partial charge is 0.356 e. The van der Waals surface area contributed by atoms with Gasteiger partial charge in [-0.15, -0.1) is 29.1 Å². The molecule has 4 nitrogen and oxygen atoms in total. The molecule has 32 heavy (non-hydrogen) atoms. The van der Waals surface area contributed by atoms with Crippen LogP contribution in [0.15, 0.2) is 79.1 Å². The maximum Gasteiger partial charge on any atom is 2.00 e. The molecule has 0 radical (unpaired) electrons. The second-order valence-corrected chi connectivity index (χ2v) is 7.85. The summed E-state index contributed by atoms with van der Waals surface area (Å²) < 4.78 is 15.5. The van der Waals surface area contributed by atoms with Crippen LogP contribution in [0.25, 0.3) is 27.7 Å². The van der Waals surface area contributed by atoms with E-state index in [2.05, 4.69) is 48.2 Å². The van der Waals surface area contributed by atoms with Crippen molar-refractivity contribution in [1.82, 2.24) is 19.7 Å². The summed E-state index contributed by atoms with van der Waals surface area (Å²) >= 11 is 0. The predicted molar refractivity (Wildman–Crippen MR) is 118 cm³/mol. The molecule has 5 aromatic rings. The van der Waals surface area contributed by atoms with E-state index in [0.29, 0.717) is 0 Å². The minimum atomic E-state index is -0.610. The summed E-state index contributed by atoms with van der Waals surface area (Å²) in [6.07, 6.45) is 3.09. The Bertz CT molecular complexity index is 1390. The van der Waals surface area contributed by atoms with Crippen molar-refractivity contribution in [3.05, 3.63) is 109 Å². The Kier molecular flexibility index (Phi) is 6.03. The molecule has 0 atom stereocenters. The molecule has 0 N–H and O–H groups in total. The van der Waals surface area contributed by atoms with Crippen LogP contribution < -0.4 is 0 Å². The Morgan fingerprint density at radius 3 is 2.59 bits per heavy atom. The molecule has 6 heteroatoms. The zero-order chi connectivity index (χ0) is 21.4. The van der Waals surface area contributed by atoms with E-state index in [9.17, 15) is 4.39 Å². The third-order valence-corrected chi connectivity index (χ3v) is 5.50. The van der Waals surface area contributed by atoms with Crippen LogP contribution in [0, 0.1) is 18.1 Å². The maximum absolute atomic E-state index is 14.1. The predicted octanol–water partition coefficient (Wildman–Crippen LogP) is 5.55. The standard InChI is InChI=1S/C26H19FN4.Pt/c1-26(2,24-15-17-31(30-24)22-13-7-16-28-25(22)27)23-14-6-12-21(29-23)20-11-5-9-18-8-3-4-10-19(18)20;/h3-10,12,14-17H,1-2H3;/q-2;+2. The van der Waals surface area contributed by atoms with Gasteiger partial charge in [-0.25, -0.2) is 0 Å². The fourth-order valence-electron chi connectivity index (χ4n) is 3.71. The molecule has 0 spiro atoms. The second kappa shape index (κ2) is 8.76. The van der Waals surface area contributed by atoms with Gasteiger partial charge in [0.05, 0.1) is 11.1 Å². The third-order valence-electron chi connectivity index (χ3n) is 5.50. The van der Waals surface area contributed by atoms with Crippen LogP contribution in [-0.2, 0) is 26.5 Å². The number of benzene rings is 2. The van der Waals surface area contributed by atoms with Gasteiger partial charge in [0.15, 0.2) is 0 Å². The summed E-state index contributed by atoms with van der Waals surface area (Å²) in [6.45, 7) is 4.11. The third kappa shape index (κ3) is 3.89. The van der Waals surface area contributed by atoms with Crippen LogP contribution in [0.3, 0.4) is 0 Å². The van der Waals surface area contributed by atoms with Gasteiger partial charge in [-0.2, -0.15) is 17.2 Å². The van der Waals surface area contributed by atoms with Crippen LogP contribution in [0.1, 0.15) is 25.2 Å². The molecule has 5 rings (SSSR count). The Morgan fingerprint density at radius 1 is 0.906 bits per heavy atom. The monoisotopic (exact) mass is 601 g/mol. The van der Waals surface area contributed by atoms with Gasteiger partial charge in [0.2, 0.25) is 0 Å². The second-order valence-electron chi connectivity index (χ2n) is 7.85. The first-order chi connectivity index (χ1) is 15.0. The number of aromatic nitrogens is 4. The van der Waals surface area contributed by atoms with E-state index in [1.807, 2.05) is 48.5 Å². The topological polar surface area (TPSA) is 43.6 Å². The van der Waals surface area contributed by atoms with Gasteiger partial charge in [-0.3, -0.25) is 9.07 Å². The normalized spacial score (nSPS) is 11.3. The summed E-state index contributed by atoms with van der Waals surface area (Å²) in [5.74, 6) is -0.610. The van der Waals surface area contributed by atoms with Gasteiger partial charge in [-0.1, -0.05) is 48.0 Å². The number of nitrogens with zero attached hydrogens (tertiary/aromatic N) is 4. The first-order valence-corrected chi connectivity index (χ1v) is 10.00. The molecule has 0 aliphatic carbocycles. The van der Waals surface area contributed by atoms with E-state index in [4.69, 9.17) is 4.98 Å². The summed E-state index contributed by atoms with van der Waals surface area (Å²) in [4.78, 5) is 8.65. The van der Waals surface area contributed by atoms with E-state index >= 15 is 0 Å². The number of fused-ring (bicyclic) bond motifs is 1. The molecule has 0 aliphatic rings. The van der Waals surface area contributed by atoms with Crippen molar-refractivity contribution in [3.63, 3.8) is 0 Å². The number of halogens is 1. The van der Waals surface area contributed by atoms with E-state index in [1.54, 1.807) is 12.3 Å². The Labute approximate surface area is 200 Å². The largest absolute Gasteiger partial charge is 2.00 e. The quantitative estimate of drug-likeness (QED) is 0.201. The van der Waals surface area contributed by atoms with Crippen molar-refractivity contribution in [2.24, 2.45) is 0 Å². The van der Waals surface area contributed by atoms with Crippen molar-refractivity contribution in [3.8, 4) is 16.9 Å². The van der Waals surface area contributed by atoms with Crippen LogP contribution >= 0.6 is 0 Å². The molecule has 0 bridgehead atoms. The molecule has 0 unspecified atom stereocenters. The van der Waals surface area contributed by atoms with E-state index in [-0.39, 0.29) is 26.8 Å². The SMILES string of the molecule is CC(C)(c1cccc(-c2[c-]ccc3ccccc23)n1)c1ccn(-c2[c-]ccnc2F)n1.[Pt+2]. The molecular weight excluding hydrogens is 582 g/mol. The molecule has 0 amide bonds. The molecular formula is C26H19FN4Pt. The average molecular weight is 602 g/mol. The van der Waals surface area contributed by atoms with E-state index < -0.39 is 11.4 Å². The molecule has 3 aromatic heterocycles. The zero-order valence-electron chi connectivity index (χ0n) is 17.5. The molecule has 0 saturated heterocycles. The van der Waals surface area contributed by atoms with Crippen molar-refractivity contribution in [2.45, 2.75) is 19.3 Å². The van der Waals surface area contributed by atoms with Gasteiger partial charge in [0.25, 0.3) is 0 Å². The molecule has 2 aromatic carbocycles. The fourth-order valence-corrected chi connectivity index (χ4v) is 3.71. The van der Waals surface area contributed by atoms with E-state index in [1.165, 1.54) is 10.9 Å². The Morgan fingerprint density at radius 2 is 1.75 bits per heavy atom. The Balaban J connectivity index is 0.00000245. The van der Waals surface area contributed by atoms with Gasteiger partial charge in [-0.05, 0) is 31.7 Å². The van der Waals surface area contributed by atoms with Crippen molar-refractivity contribution in [1.29, 1.82) is 0 Å². The number of rotatable bonds is 4. The average Bonchev–Trinajstić information content (AvgIpc) is 3.30.